The van der Waals surface area contributed by atoms with E-state index in [9.17, 15) is 18.0 Å². The van der Waals surface area contributed by atoms with E-state index in [0.29, 0.717) is 12.5 Å². The first-order chi connectivity index (χ1) is 9.77. The van der Waals surface area contributed by atoms with E-state index in [1.807, 2.05) is 7.05 Å². The van der Waals surface area contributed by atoms with Gasteiger partial charge in [0.05, 0.1) is 10.6 Å². The molecule has 1 aliphatic heterocycles. The molecule has 0 spiro atoms. The second-order valence-electron chi connectivity index (χ2n) is 5.32. The molecule has 0 unspecified atom stereocenters. The van der Waals surface area contributed by atoms with Gasteiger partial charge in [0.1, 0.15) is 0 Å². The third kappa shape index (κ3) is 4.11. The molecule has 116 valence electrons. The topological polar surface area (TPSA) is 32.3 Å². The van der Waals surface area contributed by atoms with Gasteiger partial charge in [0.25, 0.3) is 5.91 Å². The van der Waals surface area contributed by atoms with Crippen LogP contribution >= 0.6 is 11.6 Å². The Balaban J connectivity index is 2.02. The third-order valence-electron chi connectivity index (χ3n) is 3.57. The van der Waals surface area contributed by atoms with Gasteiger partial charge in [-0.05, 0) is 44.1 Å². The average molecular weight is 321 g/mol. The van der Waals surface area contributed by atoms with Crippen LogP contribution in [0.3, 0.4) is 0 Å². The summed E-state index contributed by atoms with van der Waals surface area (Å²) in [7, 11) is 2.00. The highest BCUT2D eigenvalue weighted by Crippen LogP contribution is 2.35. The number of alkyl halides is 3. The number of rotatable bonds is 3. The standard InChI is InChI=1S/C14H16ClF3N2O/c1-20-5-4-9(8-20)7-19-13(21)10-2-3-12(15)11(6-10)14(16,17)18/h2-3,6,9H,4-5,7-8H2,1H3,(H,19,21)/t9-/m0/s1. The van der Waals surface area contributed by atoms with Gasteiger partial charge >= 0.3 is 6.18 Å². The normalized spacial score (nSPS) is 19.8. The largest absolute Gasteiger partial charge is 0.417 e. The van der Waals surface area contributed by atoms with Crippen molar-refractivity contribution in [1.82, 2.24) is 10.2 Å². The monoisotopic (exact) mass is 320 g/mol. The molecule has 1 amide bonds. The molecule has 3 nitrogen and oxygen atoms in total. The molecular weight excluding hydrogens is 305 g/mol. The zero-order valence-corrected chi connectivity index (χ0v) is 12.3. The molecule has 0 aromatic heterocycles. The number of likely N-dealkylation sites (tertiary alicyclic amines) is 1. The fourth-order valence-electron chi connectivity index (χ4n) is 2.42. The van der Waals surface area contributed by atoms with Crippen LogP contribution in [0.2, 0.25) is 5.02 Å². The van der Waals surface area contributed by atoms with Crippen molar-refractivity contribution in [3.05, 3.63) is 34.3 Å². The Bertz CT molecular complexity index is 533. The van der Waals surface area contributed by atoms with Gasteiger partial charge in [0.15, 0.2) is 0 Å². The van der Waals surface area contributed by atoms with Gasteiger partial charge in [0, 0.05) is 18.7 Å². The van der Waals surface area contributed by atoms with E-state index in [2.05, 4.69) is 10.2 Å². The predicted octanol–water partition coefficient (Wildman–Crippen LogP) is 3.04. The molecule has 0 radical (unpaired) electrons. The van der Waals surface area contributed by atoms with Crippen molar-refractivity contribution in [2.75, 3.05) is 26.7 Å². The molecule has 0 bridgehead atoms. The molecule has 21 heavy (non-hydrogen) atoms. The maximum absolute atomic E-state index is 12.7. The molecule has 1 N–H and O–H groups in total. The van der Waals surface area contributed by atoms with Gasteiger partial charge in [-0.25, -0.2) is 0 Å². The Hall–Kier alpha value is -1.27. The fourth-order valence-corrected chi connectivity index (χ4v) is 2.64. The highest BCUT2D eigenvalue weighted by molar-refractivity contribution is 6.31. The molecule has 1 aromatic rings. The quantitative estimate of drug-likeness (QED) is 0.928. The molecule has 1 aromatic carbocycles. The van der Waals surface area contributed by atoms with Crippen molar-refractivity contribution in [2.24, 2.45) is 5.92 Å². The van der Waals surface area contributed by atoms with Gasteiger partial charge < -0.3 is 10.2 Å². The van der Waals surface area contributed by atoms with E-state index in [0.717, 1.165) is 31.6 Å². The molecule has 1 heterocycles. The summed E-state index contributed by atoms with van der Waals surface area (Å²) in [5.74, 6) is -0.167. The SMILES string of the molecule is CN1CC[C@@H](CNC(=O)c2ccc(Cl)c(C(F)(F)F)c2)C1. The molecule has 2 rings (SSSR count). The van der Waals surface area contributed by atoms with E-state index in [1.54, 1.807) is 0 Å². The molecule has 1 aliphatic rings. The number of benzene rings is 1. The van der Waals surface area contributed by atoms with Crippen molar-refractivity contribution in [3.8, 4) is 0 Å². The van der Waals surface area contributed by atoms with Crippen LogP contribution in [0.5, 0.6) is 0 Å². The smallest absolute Gasteiger partial charge is 0.352 e. The lowest BCUT2D eigenvalue weighted by Gasteiger charge is -2.13. The van der Waals surface area contributed by atoms with Crippen molar-refractivity contribution in [1.29, 1.82) is 0 Å². The highest BCUT2D eigenvalue weighted by atomic mass is 35.5. The minimum atomic E-state index is -4.57. The first-order valence-electron chi connectivity index (χ1n) is 6.61. The van der Waals surface area contributed by atoms with Crippen molar-refractivity contribution in [2.45, 2.75) is 12.6 Å². The summed E-state index contributed by atoms with van der Waals surface area (Å²) < 4.78 is 38.2. The second-order valence-corrected chi connectivity index (χ2v) is 5.73. The summed E-state index contributed by atoms with van der Waals surface area (Å²) in [6.45, 7) is 2.32. The molecule has 7 heteroatoms. The zero-order chi connectivity index (χ0) is 15.6. The number of hydrogen-bond acceptors (Lipinski definition) is 2. The van der Waals surface area contributed by atoms with Gasteiger partial charge in [-0.15, -0.1) is 0 Å². The van der Waals surface area contributed by atoms with Gasteiger partial charge in [-0.2, -0.15) is 13.2 Å². The summed E-state index contributed by atoms with van der Waals surface area (Å²) >= 11 is 5.53. The first-order valence-corrected chi connectivity index (χ1v) is 6.98. The van der Waals surface area contributed by atoms with E-state index in [4.69, 9.17) is 11.6 Å². The van der Waals surface area contributed by atoms with Crippen LogP contribution in [0.25, 0.3) is 0 Å². The Morgan fingerprint density at radius 2 is 2.19 bits per heavy atom. The molecular formula is C14H16ClF3N2O. The van der Waals surface area contributed by atoms with Crippen LogP contribution < -0.4 is 5.32 Å². The molecule has 1 saturated heterocycles. The zero-order valence-electron chi connectivity index (χ0n) is 11.5. The summed E-state index contributed by atoms with van der Waals surface area (Å²) in [4.78, 5) is 14.1. The number of nitrogens with zero attached hydrogens (tertiary/aromatic N) is 1. The summed E-state index contributed by atoms with van der Waals surface area (Å²) in [6.07, 6.45) is -3.59. The van der Waals surface area contributed by atoms with E-state index < -0.39 is 22.7 Å². The highest BCUT2D eigenvalue weighted by Gasteiger charge is 2.33. The van der Waals surface area contributed by atoms with E-state index in [-0.39, 0.29) is 5.56 Å². The van der Waals surface area contributed by atoms with E-state index >= 15 is 0 Å². The Morgan fingerprint density at radius 1 is 1.48 bits per heavy atom. The maximum Gasteiger partial charge on any atom is 0.417 e. The molecule has 1 fully saturated rings. The van der Waals surface area contributed by atoms with Crippen LogP contribution in [0, 0.1) is 5.92 Å². The van der Waals surface area contributed by atoms with Crippen LogP contribution in [-0.4, -0.2) is 37.5 Å². The van der Waals surface area contributed by atoms with Gasteiger partial charge in [0.2, 0.25) is 0 Å². The number of carbonyl (C=O) groups excluding carboxylic acids is 1. The number of carbonyl (C=O) groups is 1. The molecule has 0 aliphatic carbocycles. The van der Waals surface area contributed by atoms with Crippen LogP contribution in [-0.2, 0) is 6.18 Å². The van der Waals surface area contributed by atoms with Crippen LogP contribution in [0.1, 0.15) is 22.3 Å². The lowest BCUT2D eigenvalue weighted by atomic mass is 10.1. The van der Waals surface area contributed by atoms with Crippen molar-refractivity contribution < 1.29 is 18.0 Å². The lowest BCUT2D eigenvalue weighted by molar-refractivity contribution is -0.137. The number of nitrogens with one attached hydrogen (secondary N) is 1. The minimum absolute atomic E-state index is 0.0296. The fraction of sp³-hybridized carbons (Fsp3) is 0.500. The summed E-state index contributed by atoms with van der Waals surface area (Å²) in [5, 5.41) is 2.28. The summed E-state index contributed by atoms with van der Waals surface area (Å²) in [6, 6.07) is 3.19. The average Bonchev–Trinajstić information content (AvgIpc) is 2.81. The maximum atomic E-state index is 12.7. The van der Waals surface area contributed by atoms with E-state index in [1.165, 1.54) is 6.07 Å². The second kappa shape index (κ2) is 6.23. The molecule has 0 saturated carbocycles. The van der Waals surface area contributed by atoms with Gasteiger partial charge in [-0.1, -0.05) is 11.6 Å². The number of halogens is 4. The minimum Gasteiger partial charge on any atom is -0.352 e. The predicted molar refractivity (Wildman–Crippen MR) is 74.4 cm³/mol. The third-order valence-corrected chi connectivity index (χ3v) is 3.90. The Morgan fingerprint density at radius 3 is 2.76 bits per heavy atom. The van der Waals surface area contributed by atoms with Crippen molar-refractivity contribution >= 4 is 17.5 Å². The van der Waals surface area contributed by atoms with Gasteiger partial charge in [-0.3, -0.25) is 4.79 Å². The van der Waals surface area contributed by atoms with Crippen LogP contribution in [0.4, 0.5) is 13.2 Å². The molecule has 1 atom stereocenters. The number of amides is 1. The van der Waals surface area contributed by atoms with Crippen LogP contribution in [0.15, 0.2) is 18.2 Å². The lowest BCUT2D eigenvalue weighted by Crippen LogP contribution is -2.30. The number of hydrogen-bond donors (Lipinski definition) is 1. The Labute approximate surface area is 126 Å². The first kappa shape index (κ1) is 16.1. The summed E-state index contributed by atoms with van der Waals surface area (Å²) in [5.41, 5.74) is -1.02. The Kier molecular flexibility index (Phi) is 4.78. The van der Waals surface area contributed by atoms with Crippen molar-refractivity contribution in [3.63, 3.8) is 0 Å².